The molecule has 1 unspecified atom stereocenters. The van der Waals surface area contributed by atoms with E-state index in [1.807, 2.05) is 25.7 Å². The first-order valence-electron chi connectivity index (χ1n) is 8.22. The van der Waals surface area contributed by atoms with Crippen molar-refractivity contribution in [3.05, 3.63) is 0 Å². The Morgan fingerprint density at radius 3 is 2.19 bits per heavy atom. The van der Waals surface area contributed by atoms with Gasteiger partial charge in [-0.1, -0.05) is 0 Å². The minimum atomic E-state index is -0.400. The average molecular weight is 298 g/mol. The van der Waals surface area contributed by atoms with E-state index in [2.05, 4.69) is 4.90 Å². The van der Waals surface area contributed by atoms with Gasteiger partial charge in [-0.2, -0.15) is 0 Å². The molecule has 3 heterocycles. The van der Waals surface area contributed by atoms with Gasteiger partial charge in [-0.3, -0.25) is 4.90 Å². The SMILES string of the molecule is CC(C)(C)OC(=O)N1CC2CN(C3CCOCC3)C[C@@H]2C1.[HH]. The summed E-state index contributed by atoms with van der Waals surface area (Å²) in [4.78, 5) is 16.7. The smallest absolute Gasteiger partial charge is 0.410 e. The minimum absolute atomic E-state index is 0. The standard InChI is InChI=1S/C16H28N2O3.H2/c1-16(2,3)21-15(19)18-10-12-8-17(9-13(12)11-18)14-4-6-20-7-5-14;/h12-14H,4-11H2,1-3H3;1H/t12-,13?;/m1./s1. The zero-order valence-corrected chi connectivity index (χ0v) is 13.5. The van der Waals surface area contributed by atoms with Gasteiger partial charge in [-0.25, -0.2) is 4.79 Å². The summed E-state index contributed by atoms with van der Waals surface area (Å²) in [6.45, 7) is 11.6. The lowest BCUT2D eigenvalue weighted by molar-refractivity contribution is 0.0238. The molecule has 0 aromatic rings. The molecule has 0 aromatic carbocycles. The van der Waals surface area contributed by atoms with Crippen LogP contribution in [-0.4, -0.2) is 66.9 Å². The van der Waals surface area contributed by atoms with Gasteiger partial charge in [0.1, 0.15) is 5.60 Å². The normalized spacial score (nSPS) is 31.5. The lowest BCUT2D eigenvalue weighted by Gasteiger charge is -2.32. The highest BCUT2D eigenvalue weighted by molar-refractivity contribution is 5.68. The predicted octanol–water partition coefficient (Wildman–Crippen LogP) is 2.21. The van der Waals surface area contributed by atoms with E-state index in [0.717, 1.165) is 52.2 Å². The van der Waals surface area contributed by atoms with Gasteiger partial charge in [0, 0.05) is 46.9 Å². The van der Waals surface area contributed by atoms with Crippen LogP contribution in [0.2, 0.25) is 0 Å². The van der Waals surface area contributed by atoms with Crippen molar-refractivity contribution in [3.8, 4) is 0 Å². The van der Waals surface area contributed by atoms with Crippen LogP contribution in [0.25, 0.3) is 0 Å². The van der Waals surface area contributed by atoms with Gasteiger partial charge in [0.25, 0.3) is 0 Å². The Bertz CT molecular complexity index is 379. The molecule has 0 bridgehead atoms. The van der Waals surface area contributed by atoms with E-state index in [-0.39, 0.29) is 7.52 Å². The molecule has 2 atom stereocenters. The molecule has 0 N–H and O–H groups in total. The van der Waals surface area contributed by atoms with Crippen LogP contribution < -0.4 is 0 Å². The fourth-order valence-electron chi connectivity index (χ4n) is 3.85. The molecule has 0 radical (unpaired) electrons. The summed E-state index contributed by atoms with van der Waals surface area (Å²) in [5.74, 6) is 1.25. The summed E-state index contributed by atoms with van der Waals surface area (Å²) >= 11 is 0. The molecule has 21 heavy (non-hydrogen) atoms. The molecular formula is C16H30N2O3. The summed E-state index contributed by atoms with van der Waals surface area (Å²) in [5.41, 5.74) is -0.400. The van der Waals surface area contributed by atoms with Gasteiger partial charge in [-0.15, -0.1) is 0 Å². The summed E-state index contributed by atoms with van der Waals surface area (Å²) in [5, 5.41) is 0. The quantitative estimate of drug-likeness (QED) is 0.744. The highest BCUT2D eigenvalue weighted by atomic mass is 16.6. The van der Waals surface area contributed by atoms with Crippen molar-refractivity contribution in [2.45, 2.75) is 45.3 Å². The predicted molar refractivity (Wildman–Crippen MR) is 82.3 cm³/mol. The third-order valence-corrected chi connectivity index (χ3v) is 4.87. The second-order valence-electron chi connectivity index (χ2n) is 7.70. The fraction of sp³-hybridized carbons (Fsp3) is 0.938. The summed E-state index contributed by atoms with van der Waals surface area (Å²) in [7, 11) is 0. The molecule has 3 saturated heterocycles. The molecule has 5 heteroatoms. The summed E-state index contributed by atoms with van der Waals surface area (Å²) in [6, 6.07) is 0.694. The van der Waals surface area contributed by atoms with Crippen molar-refractivity contribution in [2.75, 3.05) is 39.4 Å². The van der Waals surface area contributed by atoms with Gasteiger partial charge in [0.2, 0.25) is 0 Å². The molecule has 0 spiro atoms. The molecule has 5 nitrogen and oxygen atoms in total. The van der Waals surface area contributed by atoms with Crippen LogP contribution in [0.15, 0.2) is 0 Å². The molecular weight excluding hydrogens is 268 g/mol. The summed E-state index contributed by atoms with van der Waals surface area (Å²) in [6.07, 6.45) is 2.18. The van der Waals surface area contributed by atoms with E-state index < -0.39 is 5.60 Å². The van der Waals surface area contributed by atoms with Crippen LogP contribution in [0.1, 0.15) is 35.0 Å². The number of carbonyl (C=O) groups excluding carboxylic acids is 1. The number of nitrogens with zero attached hydrogens (tertiary/aromatic N) is 2. The van der Waals surface area contributed by atoms with E-state index in [1.54, 1.807) is 0 Å². The van der Waals surface area contributed by atoms with Crippen molar-refractivity contribution in [3.63, 3.8) is 0 Å². The first-order chi connectivity index (χ1) is 9.92. The van der Waals surface area contributed by atoms with Crippen LogP contribution in [0.3, 0.4) is 0 Å². The Labute approximate surface area is 129 Å². The number of ether oxygens (including phenoxy) is 2. The number of carbonyl (C=O) groups is 1. The molecule has 0 aliphatic carbocycles. The Balaban J connectivity index is 0.00000176. The van der Waals surface area contributed by atoms with E-state index in [9.17, 15) is 4.79 Å². The summed E-state index contributed by atoms with van der Waals surface area (Å²) < 4.78 is 10.9. The van der Waals surface area contributed by atoms with Gasteiger partial charge >= 0.3 is 6.09 Å². The second-order valence-corrected chi connectivity index (χ2v) is 7.70. The van der Waals surface area contributed by atoms with Crippen LogP contribution in [-0.2, 0) is 9.47 Å². The second kappa shape index (κ2) is 5.76. The Morgan fingerprint density at radius 1 is 1.10 bits per heavy atom. The third-order valence-electron chi connectivity index (χ3n) is 4.87. The molecule has 122 valence electrons. The number of fused-ring (bicyclic) bond motifs is 1. The molecule has 3 aliphatic heterocycles. The minimum Gasteiger partial charge on any atom is -0.444 e. The van der Waals surface area contributed by atoms with Crippen molar-refractivity contribution in [2.24, 2.45) is 11.8 Å². The molecule has 3 rings (SSSR count). The van der Waals surface area contributed by atoms with Crippen molar-refractivity contribution >= 4 is 6.09 Å². The number of amides is 1. The van der Waals surface area contributed by atoms with Crippen molar-refractivity contribution < 1.29 is 15.7 Å². The fourth-order valence-corrected chi connectivity index (χ4v) is 3.85. The maximum atomic E-state index is 12.1. The number of hydrogen-bond acceptors (Lipinski definition) is 4. The Kier molecular flexibility index (Phi) is 4.14. The van der Waals surface area contributed by atoms with Crippen molar-refractivity contribution in [1.82, 2.24) is 9.80 Å². The lowest BCUT2D eigenvalue weighted by atomic mass is 10.0. The highest BCUT2D eigenvalue weighted by Gasteiger charge is 2.44. The van der Waals surface area contributed by atoms with Crippen LogP contribution in [0, 0.1) is 11.8 Å². The monoisotopic (exact) mass is 298 g/mol. The molecule has 3 aliphatic rings. The van der Waals surface area contributed by atoms with Gasteiger partial charge in [-0.05, 0) is 45.4 Å². The van der Waals surface area contributed by atoms with Gasteiger partial charge in [0.15, 0.2) is 0 Å². The maximum absolute atomic E-state index is 12.1. The molecule has 0 aromatic heterocycles. The van der Waals surface area contributed by atoms with E-state index >= 15 is 0 Å². The van der Waals surface area contributed by atoms with E-state index in [4.69, 9.17) is 9.47 Å². The highest BCUT2D eigenvalue weighted by Crippen LogP contribution is 2.34. The molecule has 3 fully saturated rings. The first kappa shape index (κ1) is 15.1. The van der Waals surface area contributed by atoms with Crippen LogP contribution >= 0.6 is 0 Å². The Morgan fingerprint density at radius 2 is 1.67 bits per heavy atom. The van der Waals surface area contributed by atoms with Crippen LogP contribution in [0.4, 0.5) is 4.79 Å². The molecule has 0 saturated carbocycles. The van der Waals surface area contributed by atoms with Gasteiger partial charge in [0.05, 0.1) is 0 Å². The lowest BCUT2D eigenvalue weighted by Crippen LogP contribution is -2.41. The topological polar surface area (TPSA) is 42.0 Å². The number of rotatable bonds is 1. The average Bonchev–Trinajstić information content (AvgIpc) is 2.95. The first-order valence-corrected chi connectivity index (χ1v) is 8.22. The van der Waals surface area contributed by atoms with E-state index in [0.29, 0.717) is 17.9 Å². The number of hydrogen-bond donors (Lipinski definition) is 0. The largest absolute Gasteiger partial charge is 0.444 e. The maximum Gasteiger partial charge on any atom is 0.410 e. The molecule has 1 amide bonds. The zero-order valence-electron chi connectivity index (χ0n) is 13.5. The van der Waals surface area contributed by atoms with E-state index in [1.165, 1.54) is 0 Å². The van der Waals surface area contributed by atoms with Gasteiger partial charge < -0.3 is 14.4 Å². The van der Waals surface area contributed by atoms with Crippen molar-refractivity contribution in [1.29, 1.82) is 0 Å². The van der Waals surface area contributed by atoms with Crippen LogP contribution in [0.5, 0.6) is 0 Å². The third kappa shape index (κ3) is 3.51. The Hall–Kier alpha value is -0.810. The zero-order chi connectivity index (χ0) is 15.0. The number of likely N-dealkylation sites (tertiary alicyclic amines) is 2.